The third kappa shape index (κ3) is 3.78. The molecule has 32 heavy (non-hydrogen) atoms. The second-order valence-corrected chi connectivity index (χ2v) is 8.57. The van der Waals surface area contributed by atoms with Crippen LogP contribution in [0.3, 0.4) is 0 Å². The third-order valence-electron chi connectivity index (χ3n) is 5.29. The van der Waals surface area contributed by atoms with Crippen molar-refractivity contribution in [3.63, 3.8) is 0 Å². The zero-order valence-electron chi connectivity index (χ0n) is 17.6. The Morgan fingerprint density at radius 2 is 1.88 bits per heavy atom. The number of rotatable bonds is 6. The Labute approximate surface area is 189 Å². The van der Waals surface area contributed by atoms with Gasteiger partial charge < -0.3 is 18.8 Å². The standard InChI is InChI=1S/C24H21N3O4S/c1-3-27(19-10-6-8-16-7-4-5-9-18(16)19)23(28)15(2)32-24-26-25-22(31-24)17-11-12-20-21(13-17)30-14-29-20/h4-13,15H,3,14H2,1-2H3. The minimum Gasteiger partial charge on any atom is -0.454 e. The summed E-state index contributed by atoms with van der Waals surface area (Å²) in [5.74, 6) is 1.69. The SMILES string of the molecule is CCN(C(=O)C(C)Sc1nnc(-c2ccc3c(c2)OCO3)o1)c1cccc2ccccc12. The maximum atomic E-state index is 13.3. The second-order valence-electron chi connectivity index (χ2n) is 7.28. The summed E-state index contributed by atoms with van der Waals surface area (Å²) < 4.78 is 16.6. The molecule has 162 valence electrons. The maximum absolute atomic E-state index is 13.3. The van der Waals surface area contributed by atoms with Gasteiger partial charge in [0.15, 0.2) is 11.5 Å². The topological polar surface area (TPSA) is 77.7 Å². The molecule has 7 nitrogen and oxygen atoms in total. The van der Waals surface area contributed by atoms with Gasteiger partial charge in [0.2, 0.25) is 18.6 Å². The number of amides is 1. The highest BCUT2D eigenvalue weighted by Gasteiger charge is 2.25. The van der Waals surface area contributed by atoms with E-state index in [1.807, 2.05) is 68.4 Å². The van der Waals surface area contributed by atoms with Crippen molar-refractivity contribution in [1.82, 2.24) is 10.2 Å². The van der Waals surface area contributed by atoms with E-state index in [0.29, 0.717) is 29.2 Å². The lowest BCUT2D eigenvalue weighted by atomic mass is 10.1. The number of benzene rings is 3. The van der Waals surface area contributed by atoms with Crippen molar-refractivity contribution in [3.8, 4) is 23.0 Å². The molecule has 1 aromatic heterocycles. The van der Waals surface area contributed by atoms with E-state index in [1.54, 1.807) is 11.0 Å². The monoisotopic (exact) mass is 447 g/mol. The van der Waals surface area contributed by atoms with Gasteiger partial charge in [-0.25, -0.2) is 0 Å². The van der Waals surface area contributed by atoms with Gasteiger partial charge in [-0.3, -0.25) is 4.79 Å². The van der Waals surface area contributed by atoms with E-state index in [9.17, 15) is 4.79 Å². The van der Waals surface area contributed by atoms with Crippen LogP contribution in [0.15, 0.2) is 70.3 Å². The number of thioether (sulfide) groups is 1. The summed E-state index contributed by atoms with van der Waals surface area (Å²) in [6.45, 7) is 4.59. The van der Waals surface area contributed by atoms with E-state index < -0.39 is 5.25 Å². The van der Waals surface area contributed by atoms with Crippen LogP contribution in [0.5, 0.6) is 11.5 Å². The Balaban J connectivity index is 1.34. The summed E-state index contributed by atoms with van der Waals surface area (Å²) in [7, 11) is 0. The van der Waals surface area contributed by atoms with Crippen LogP contribution >= 0.6 is 11.8 Å². The molecule has 3 aromatic carbocycles. The van der Waals surface area contributed by atoms with E-state index in [0.717, 1.165) is 22.0 Å². The van der Waals surface area contributed by atoms with E-state index in [-0.39, 0.29) is 12.7 Å². The van der Waals surface area contributed by atoms with Gasteiger partial charge in [0.05, 0.1) is 10.9 Å². The molecule has 0 saturated heterocycles. The highest BCUT2D eigenvalue weighted by molar-refractivity contribution is 8.00. The zero-order chi connectivity index (χ0) is 22.1. The predicted molar refractivity (Wildman–Crippen MR) is 123 cm³/mol. The average molecular weight is 448 g/mol. The van der Waals surface area contributed by atoms with Gasteiger partial charge in [-0.2, -0.15) is 0 Å². The molecule has 2 heterocycles. The molecular weight excluding hydrogens is 426 g/mol. The first-order valence-corrected chi connectivity index (χ1v) is 11.2. The lowest BCUT2D eigenvalue weighted by molar-refractivity contribution is -0.117. The summed E-state index contributed by atoms with van der Waals surface area (Å²) in [6, 6.07) is 19.5. The molecule has 0 aliphatic carbocycles. The number of aromatic nitrogens is 2. The van der Waals surface area contributed by atoms with E-state index >= 15 is 0 Å². The molecule has 1 aliphatic rings. The Hall–Kier alpha value is -3.52. The Kier molecular flexibility index (Phi) is 5.45. The van der Waals surface area contributed by atoms with Gasteiger partial charge in [0.25, 0.3) is 5.22 Å². The fourth-order valence-corrected chi connectivity index (χ4v) is 4.46. The van der Waals surface area contributed by atoms with Crippen molar-refractivity contribution >= 4 is 34.1 Å². The summed E-state index contributed by atoms with van der Waals surface area (Å²) >= 11 is 1.25. The quantitative estimate of drug-likeness (QED) is 0.378. The lowest BCUT2D eigenvalue weighted by Crippen LogP contribution is -2.36. The first kappa shape index (κ1) is 20.4. The minimum atomic E-state index is -0.404. The molecule has 1 amide bonds. The van der Waals surface area contributed by atoms with E-state index in [1.165, 1.54) is 11.8 Å². The number of anilines is 1. The molecule has 1 atom stereocenters. The Morgan fingerprint density at radius 1 is 1.06 bits per heavy atom. The molecule has 1 unspecified atom stereocenters. The fourth-order valence-electron chi connectivity index (χ4n) is 3.71. The van der Waals surface area contributed by atoms with Crippen LogP contribution in [0.25, 0.3) is 22.2 Å². The van der Waals surface area contributed by atoms with Crippen LogP contribution < -0.4 is 14.4 Å². The largest absolute Gasteiger partial charge is 0.454 e. The van der Waals surface area contributed by atoms with Crippen molar-refractivity contribution in [2.24, 2.45) is 0 Å². The number of nitrogens with zero attached hydrogens (tertiary/aromatic N) is 3. The average Bonchev–Trinajstić information content (AvgIpc) is 3.48. The molecule has 0 bridgehead atoms. The van der Waals surface area contributed by atoms with E-state index in [2.05, 4.69) is 10.2 Å². The van der Waals surface area contributed by atoms with Crippen molar-refractivity contribution in [2.45, 2.75) is 24.3 Å². The molecule has 0 spiro atoms. The Morgan fingerprint density at radius 3 is 2.75 bits per heavy atom. The summed E-state index contributed by atoms with van der Waals surface area (Å²) in [6.07, 6.45) is 0. The first-order valence-electron chi connectivity index (χ1n) is 10.3. The van der Waals surface area contributed by atoms with Crippen LogP contribution in [-0.2, 0) is 4.79 Å². The number of carbonyl (C=O) groups is 1. The number of hydrogen-bond donors (Lipinski definition) is 0. The van der Waals surface area contributed by atoms with Gasteiger partial charge in [0, 0.05) is 17.5 Å². The molecule has 8 heteroatoms. The van der Waals surface area contributed by atoms with Crippen molar-refractivity contribution in [1.29, 1.82) is 0 Å². The number of hydrogen-bond acceptors (Lipinski definition) is 7. The summed E-state index contributed by atoms with van der Waals surface area (Å²) in [4.78, 5) is 15.1. The van der Waals surface area contributed by atoms with Crippen molar-refractivity contribution in [3.05, 3.63) is 60.7 Å². The van der Waals surface area contributed by atoms with Crippen LogP contribution in [0.4, 0.5) is 5.69 Å². The first-order chi connectivity index (χ1) is 15.6. The second kappa shape index (κ2) is 8.55. The zero-order valence-corrected chi connectivity index (χ0v) is 18.5. The molecule has 0 N–H and O–H groups in total. The van der Waals surface area contributed by atoms with Crippen molar-refractivity contribution in [2.75, 3.05) is 18.2 Å². The van der Waals surface area contributed by atoms with Gasteiger partial charge >= 0.3 is 0 Å². The molecule has 0 fully saturated rings. The smallest absolute Gasteiger partial charge is 0.277 e. The highest BCUT2D eigenvalue weighted by Crippen LogP contribution is 2.36. The highest BCUT2D eigenvalue weighted by atomic mass is 32.2. The Bertz CT molecular complexity index is 1280. The lowest BCUT2D eigenvalue weighted by Gasteiger charge is -2.25. The number of carbonyl (C=O) groups excluding carboxylic acids is 1. The van der Waals surface area contributed by atoms with E-state index in [4.69, 9.17) is 13.9 Å². The molecule has 0 saturated carbocycles. The van der Waals surface area contributed by atoms with Gasteiger partial charge in [-0.1, -0.05) is 48.2 Å². The third-order valence-corrected chi connectivity index (χ3v) is 6.21. The predicted octanol–water partition coefficient (Wildman–Crippen LogP) is 5.15. The van der Waals surface area contributed by atoms with Crippen LogP contribution in [-0.4, -0.2) is 34.7 Å². The van der Waals surface area contributed by atoms with Gasteiger partial charge in [0.1, 0.15) is 0 Å². The normalized spacial score (nSPS) is 13.3. The van der Waals surface area contributed by atoms with Crippen LogP contribution in [0.1, 0.15) is 13.8 Å². The summed E-state index contributed by atoms with van der Waals surface area (Å²) in [5, 5.41) is 10.3. The van der Waals surface area contributed by atoms with Gasteiger partial charge in [-0.05, 0) is 43.5 Å². The van der Waals surface area contributed by atoms with Gasteiger partial charge in [-0.15, -0.1) is 10.2 Å². The molecule has 4 aromatic rings. The molecule has 5 rings (SSSR count). The molecule has 0 radical (unpaired) electrons. The minimum absolute atomic E-state index is 0.0170. The number of fused-ring (bicyclic) bond motifs is 2. The van der Waals surface area contributed by atoms with Crippen LogP contribution in [0.2, 0.25) is 0 Å². The molecule has 1 aliphatic heterocycles. The van der Waals surface area contributed by atoms with Crippen LogP contribution in [0, 0.1) is 0 Å². The molecular formula is C24H21N3O4S. The fraction of sp³-hybridized carbons (Fsp3) is 0.208. The maximum Gasteiger partial charge on any atom is 0.277 e. The van der Waals surface area contributed by atoms with Crippen molar-refractivity contribution < 1.29 is 18.7 Å². The summed E-state index contributed by atoms with van der Waals surface area (Å²) in [5.41, 5.74) is 1.63. The number of ether oxygens (including phenoxy) is 2.